The van der Waals surface area contributed by atoms with E-state index in [9.17, 15) is 0 Å². The average molecular weight is 279 g/mol. The van der Waals surface area contributed by atoms with Gasteiger partial charge in [-0.2, -0.15) is 0 Å². The third-order valence-electron chi connectivity index (χ3n) is 3.01. The first-order chi connectivity index (χ1) is 9.62. The quantitative estimate of drug-likeness (QED) is 0.310. The van der Waals surface area contributed by atoms with Gasteiger partial charge in [0.2, 0.25) is 5.96 Å². The van der Waals surface area contributed by atoms with Crippen molar-refractivity contribution in [3.05, 3.63) is 29.8 Å². The maximum atomic E-state index is 5.43. The van der Waals surface area contributed by atoms with Gasteiger partial charge in [-0.15, -0.1) is 0 Å². The Morgan fingerprint density at radius 3 is 2.75 bits per heavy atom. The van der Waals surface area contributed by atoms with Gasteiger partial charge in [0.15, 0.2) is 0 Å². The normalized spacial score (nSPS) is 13.2. The molecule has 0 fully saturated rings. The number of hydrogen-bond donors (Lipinski definition) is 3. The SMILES string of the molecule is CCNC(=NCC(c1cccc(OC)c1)N(C)C)NN. The second kappa shape index (κ2) is 8.39. The van der Waals surface area contributed by atoms with Gasteiger partial charge >= 0.3 is 0 Å². The molecule has 0 spiro atoms. The van der Waals surface area contributed by atoms with E-state index in [0.717, 1.165) is 17.9 Å². The van der Waals surface area contributed by atoms with E-state index in [0.29, 0.717) is 12.5 Å². The molecule has 112 valence electrons. The lowest BCUT2D eigenvalue weighted by Crippen LogP contribution is -2.42. The van der Waals surface area contributed by atoms with E-state index in [1.54, 1.807) is 7.11 Å². The first-order valence-corrected chi connectivity index (χ1v) is 6.67. The van der Waals surface area contributed by atoms with Gasteiger partial charge in [-0.3, -0.25) is 10.4 Å². The maximum Gasteiger partial charge on any atom is 0.205 e. The summed E-state index contributed by atoms with van der Waals surface area (Å²) in [6.45, 7) is 3.37. The summed E-state index contributed by atoms with van der Waals surface area (Å²) in [5.74, 6) is 6.88. The highest BCUT2D eigenvalue weighted by molar-refractivity contribution is 5.79. The number of methoxy groups -OCH3 is 1. The molecule has 6 nitrogen and oxygen atoms in total. The molecule has 1 unspecified atom stereocenters. The molecule has 1 rings (SSSR count). The fourth-order valence-electron chi connectivity index (χ4n) is 1.91. The number of nitrogens with two attached hydrogens (primary N) is 1. The minimum absolute atomic E-state index is 0.159. The minimum Gasteiger partial charge on any atom is -0.497 e. The number of aliphatic imine (C=N–C) groups is 1. The van der Waals surface area contributed by atoms with Crippen LogP contribution in [0.4, 0.5) is 0 Å². The topological polar surface area (TPSA) is 74.9 Å². The van der Waals surface area contributed by atoms with E-state index in [4.69, 9.17) is 10.6 Å². The second-order valence-electron chi connectivity index (χ2n) is 4.62. The van der Waals surface area contributed by atoms with Crippen molar-refractivity contribution in [1.82, 2.24) is 15.6 Å². The van der Waals surface area contributed by atoms with Crippen LogP contribution in [0.1, 0.15) is 18.5 Å². The number of hydrazine groups is 1. The van der Waals surface area contributed by atoms with E-state index >= 15 is 0 Å². The molecule has 6 heteroatoms. The van der Waals surface area contributed by atoms with Gasteiger partial charge in [0.25, 0.3) is 0 Å². The summed E-state index contributed by atoms with van der Waals surface area (Å²) in [6.07, 6.45) is 0. The minimum atomic E-state index is 0.159. The first kappa shape index (κ1) is 16.3. The van der Waals surface area contributed by atoms with Crippen molar-refractivity contribution in [2.75, 3.05) is 34.3 Å². The maximum absolute atomic E-state index is 5.43. The zero-order chi connectivity index (χ0) is 15.0. The van der Waals surface area contributed by atoms with Crippen LogP contribution >= 0.6 is 0 Å². The zero-order valence-corrected chi connectivity index (χ0v) is 12.7. The van der Waals surface area contributed by atoms with Crippen LogP contribution in [0.2, 0.25) is 0 Å². The largest absolute Gasteiger partial charge is 0.497 e. The lowest BCUT2D eigenvalue weighted by atomic mass is 10.1. The Kier molecular flexibility index (Phi) is 6.83. The van der Waals surface area contributed by atoms with Crippen molar-refractivity contribution in [2.24, 2.45) is 10.8 Å². The van der Waals surface area contributed by atoms with Gasteiger partial charge in [-0.1, -0.05) is 12.1 Å². The van der Waals surface area contributed by atoms with Crippen molar-refractivity contribution in [2.45, 2.75) is 13.0 Å². The molecule has 0 aliphatic rings. The summed E-state index contributed by atoms with van der Waals surface area (Å²) in [5, 5.41) is 3.07. The fraction of sp³-hybridized carbons (Fsp3) is 0.500. The van der Waals surface area contributed by atoms with Gasteiger partial charge in [0.05, 0.1) is 19.7 Å². The van der Waals surface area contributed by atoms with Crippen LogP contribution in [0, 0.1) is 0 Å². The molecular formula is C14H25N5O. The van der Waals surface area contributed by atoms with Gasteiger partial charge in [0, 0.05) is 6.54 Å². The number of likely N-dealkylation sites (N-methyl/N-ethyl adjacent to an activating group) is 1. The fourth-order valence-corrected chi connectivity index (χ4v) is 1.91. The molecule has 0 aliphatic heterocycles. The molecule has 0 bridgehead atoms. The zero-order valence-electron chi connectivity index (χ0n) is 12.7. The van der Waals surface area contributed by atoms with Crippen molar-refractivity contribution >= 4 is 5.96 Å². The number of ether oxygens (including phenoxy) is 1. The molecule has 0 amide bonds. The number of hydrogen-bond acceptors (Lipinski definition) is 4. The Morgan fingerprint density at radius 2 is 2.20 bits per heavy atom. The van der Waals surface area contributed by atoms with E-state index in [1.165, 1.54) is 0 Å². The molecule has 1 aromatic carbocycles. The summed E-state index contributed by atoms with van der Waals surface area (Å²) in [6, 6.07) is 8.19. The Balaban J connectivity index is 2.88. The van der Waals surface area contributed by atoms with Gasteiger partial charge in [-0.05, 0) is 38.7 Å². The summed E-state index contributed by atoms with van der Waals surface area (Å²) in [4.78, 5) is 6.60. The molecule has 20 heavy (non-hydrogen) atoms. The van der Waals surface area contributed by atoms with Crippen molar-refractivity contribution in [1.29, 1.82) is 0 Å². The Bertz CT molecular complexity index is 433. The number of benzene rings is 1. The number of guanidine groups is 1. The average Bonchev–Trinajstić information content (AvgIpc) is 2.46. The lowest BCUT2D eigenvalue weighted by Gasteiger charge is -2.24. The molecule has 0 heterocycles. The smallest absolute Gasteiger partial charge is 0.205 e. The summed E-state index contributed by atoms with van der Waals surface area (Å²) in [5.41, 5.74) is 3.73. The molecule has 0 radical (unpaired) electrons. The van der Waals surface area contributed by atoms with Crippen LogP contribution < -0.4 is 21.3 Å². The van der Waals surface area contributed by atoms with Gasteiger partial charge < -0.3 is 15.0 Å². The first-order valence-electron chi connectivity index (χ1n) is 6.67. The molecule has 1 atom stereocenters. The third-order valence-corrected chi connectivity index (χ3v) is 3.01. The number of nitrogens with one attached hydrogen (secondary N) is 2. The van der Waals surface area contributed by atoms with Crippen molar-refractivity contribution in [3.8, 4) is 5.75 Å². The number of nitrogens with zero attached hydrogens (tertiary/aromatic N) is 2. The highest BCUT2D eigenvalue weighted by Gasteiger charge is 2.14. The summed E-state index contributed by atoms with van der Waals surface area (Å²) in [7, 11) is 5.73. The predicted molar refractivity (Wildman–Crippen MR) is 82.7 cm³/mol. The molecular weight excluding hydrogens is 254 g/mol. The summed E-state index contributed by atoms with van der Waals surface area (Å²) >= 11 is 0. The molecule has 0 saturated carbocycles. The van der Waals surface area contributed by atoms with E-state index in [2.05, 4.69) is 26.7 Å². The standard InChI is InChI=1S/C14H25N5O/c1-5-16-14(18-15)17-10-13(19(2)3)11-7-6-8-12(9-11)20-4/h6-9,13H,5,10,15H2,1-4H3,(H2,16,17,18). The van der Waals surface area contributed by atoms with Crippen molar-refractivity contribution in [3.63, 3.8) is 0 Å². The predicted octanol–water partition coefficient (Wildman–Crippen LogP) is 0.727. The van der Waals surface area contributed by atoms with Crippen LogP contribution in [0.15, 0.2) is 29.3 Å². The molecule has 4 N–H and O–H groups in total. The van der Waals surface area contributed by atoms with E-state index < -0.39 is 0 Å². The van der Waals surface area contributed by atoms with Crippen molar-refractivity contribution < 1.29 is 4.74 Å². The molecule has 0 aromatic heterocycles. The number of rotatable bonds is 6. The van der Waals surface area contributed by atoms with Crippen LogP contribution in [-0.4, -0.2) is 45.2 Å². The third kappa shape index (κ3) is 4.71. The van der Waals surface area contributed by atoms with Crippen LogP contribution in [-0.2, 0) is 0 Å². The van der Waals surface area contributed by atoms with Crippen LogP contribution in [0.5, 0.6) is 5.75 Å². The molecule has 1 aromatic rings. The molecule has 0 aliphatic carbocycles. The van der Waals surface area contributed by atoms with E-state index in [-0.39, 0.29) is 6.04 Å². The Hall–Kier alpha value is -1.79. The van der Waals surface area contributed by atoms with E-state index in [1.807, 2.05) is 39.2 Å². The van der Waals surface area contributed by atoms with Crippen LogP contribution in [0.3, 0.4) is 0 Å². The lowest BCUT2D eigenvalue weighted by molar-refractivity contribution is 0.305. The van der Waals surface area contributed by atoms with Gasteiger partial charge in [-0.25, -0.2) is 5.84 Å². The second-order valence-corrected chi connectivity index (χ2v) is 4.62. The Labute approximate surface area is 121 Å². The monoisotopic (exact) mass is 279 g/mol. The highest BCUT2D eigenvalue weighted by atomic mass is 16.5. The van der Waals surface area contributed by atoms with Gasteiger partial charge in [0.1, 0.15) is 5.75 Å². The molecule has 0 saturated heterocycles. The van der Waals surface area contributed by atoms with Crippen LogP contribution in [0.25, 0.3) is 0 Å². The highest BCUT2D eigenvalue weighted by Crippen LogP contribution is 2.22. The summed E-state index contributed by atoms with van der Waals surface area (Å²) < 4.78 is 5.27. The Morgan fingerprint density at radius 1 is 1.45 bits per heavy atom.